The predicted octanol–water partition coefficient (Wildman–Crippen LogP) is 3.64. The molecule has 0 radical (unpaired) electrons. The fourth-order valence-electron chi connectivity index (χ4n) is 4.84. The lowest BCUT2D eigenvalue weighted by Crippen LogP contribution is -2.48. The smallest absolute Gasteiger partial charge is 0.306 e. The van der Waals surface area contributed by atoms with E-state index in [-0.39, 0.29) is 55.9 Å². The molecule has 2 aromatic rings. The lowest BCUT2D eigenvalue weighted by molar-refractivity contribution is -0.145. The number of ether oxygens (including phenoxy) is 1. The number of amides is 2. The van der Waals surface area contributed by atoms with Gasteiger partial charge in [0.25, 0.3) is 0 Å². The molecule has 202 valence electrons. The Bertz CT molecular complexity index is 1120. The number of nitrogens with one attached hydrogen (secondary N) is 1. The summed E-state index contributed by atoms with van der Waals surface area (Å²) < 4.78 is 5.45. The maximum atomic E-state index is 13.5. The Kier molecular flexibility index (Phi) is 10.4. The molecule has 2 aromatic carbocycles. The molecule has 0 aliphatic carbocycles. The Hall–Kier alpha value is -3.10. The molecule has 0 bridgehead atoms. The van der Waals surface area contributed by atoms with Gasteiger partial charge in [-0.25, -0.2) is 0 Å². The van der Waals surface area contributed by atoms with Gasteiger partial charge in [-0.1, -0.05) is 66.7 Å². The van der Waals surface area contributed by atoms with Gasteiger partial charge in [-0.05, 0) is 36.0 Å². The quantitative estimate of drug-likeness (QED) is 0.414. The third-order valence-corrected chi connectivity index (χ3v) is 8.18. The monoisotopic (exact) mass is 536 g/mol. The van der Waals surface area contributed by atoms with Crippen LogP contribution in [0.4, 0.5) is 0 Å². The molecule has 2 aliphatic rings. The second-order valence-electron chi connectivity index (χ2n) is 9.87. The van der Waals surface area contributed by atoms with Gasteiger partial charge in [-0.3, -0.25) is 14.4 Å². The van der Waals surface area contributed by atoms with Crippen LogP contribution in [0.3, 0.4) is 0 Å². The highest BCUT2D eigenvalue weighted by Crippen LogP contribution is 2.25. The van der Waals surface area contributed by atoms with Crippen molar-refractivity contribution in [3.63, 3.8) is 0 Å². The number of allylic oxidation sites excluding steroid dienone is 2. The molecule has 8 heteroatoms. The van der Waals surface area contributed by atoms with E-state index in [1.165, 1.54) is 5.56 Å². The van der Waals surface area contributed by atoms with E-state index in [1.54, 1.807) is 16.7 Å². The lowest BCUT2D eigenvalue weighted by atomic mass is 9.92. The fourth-order valence-corrected chi connectivity index (χ4v) is 5.85. The molecule has 38 heavy (non-hydrogen) atoms. The molecule has 0 spiro atoms. The number of cyclic esters (lactones) is 1. The lowest BCUT2D eigenvalue weighted by Gasteiger charge is -2.36. The highest BCUT2D eigenvalue weighted by Gasteiger charge is 2.32. The molecular formula is C30H36N2O5S. The predicted molar refractivity (Wildman–Crippen MR) is 148 cm³/mol. The van der Waals surface area contributed by atoms with Gasteiger partial charge in [-0.15, -0.1) is 0 Å². The maximum absolute atomic E-state index is 13.5. The summed E-state index contributed by atoms with van der Waals surface area (Å²) in [5.41, 5.74) is 3.41. The number of thioether (sulfide) groups is 1. The Morgan fingerprint density at radius 1 is 1.05 bits per heavy atom. The number of rotatable bonds is 7. The summed E-state index contributed by atoms with van der Waals surface area (Å²) in [4.78, 5) is 40.7. The van der Waals surface area contributed by atoms with E-state index in [1.807, 2.05) is 54.6 Å². The average Bonchev–Trinajstić information content (AvgIpc) is 2.94. The molecule has 2 amide bonds. The Balaban J connectivity index is 1.43. The first kappa shape index (κ1) is 27.9. The molecule has 7 nitrogen and oxygen atoms in total. The average molecular weight is 537 g/mol. The Morgan fingerprint density at radius 2 is 1.82 bits per heavy atom. The van der Waals surface area contributed by atoms with Crippen LogP contribution in [0.15, 0.2) is 66.7 Å². The van der Waals surface area contributed by atoms with Crippen molar-refractivity contribution >= 4 is 29.5 Å². The third-order valence-electron chi connectivity index (χ3n) is 7.00. The summed E-state index contributed by atoms with van der Waals surface area (Å²) in [7, 11) is 0. The number of hydrogen-bond donors (Lipinski definition) is 2. The molecule has 2 aliphatic heterocycles. The van der Waals surface area contributed by atoms with Crippen molar-refractivity contribution in [2.75, 3.05) is 19.0 Å². The molecule has 3 atom stereocenters. The molecule has 0 fully saturated rings. The molecule has 0 aromatic heterocycles. The summed E-state index contributed by atoms with van der Waals surface area (Å²) >= 11 is 1.67. The zero-order valence-electron chi connectivity index (χ0n) is 21.6. The van der Waals surface area contributed by atoms with Crippen LogP contribution < -0.4 is 5.32 Å². The van der Waals surface area contributed by atoms with E-state index in [0.29, 0.717) is 31.6 Å². The number of hydrogen-bond acceptors (Lipinski definition) is 6. The van der Waals surface area contributed by atoms with Crippen molar-refractivity contribution in [2.45, 2.75) is 56.5 Å². The van der Waals surface area contributed by atoms with Gasteiger partial charge < -0.3 is 20.1 Å². The topological polar surface area (TPSA) is 95.9 Å². The summed E-state index contributed by atoms with van der Waals surface area (Å²) in [6, 6.07) is 17.4. The summed E-state index contributed by atoms with van der Waals surface area (Å²) in [5, 5.41) is 13.0. The highest BCUT2D eigenvalue weighted by atomic mass is 32.2. The van der Waals surface area contributed by atoms with Gasteiger partial charge in [-0.2, -0.15) is 11.8 Å². The first-order chi connectivity index (χ1) is 18.5. The number of fused-ring (bicyclic) bond motifs is 1. The second kappa shape index (κ2) is 14.2. The van der Waals surface area contributed by atoms with Crippen molar-refractivity contribution < 1.29 is 24.2 Å². The van der Waals surface area contributed by atoms with Gasteiger partial charge in [0.1, 0.15) is 6.61 Å². The van der Waals surface area contributed by atoms with Crippen LogP contribution in [0.1, 0.15) is 42.4 Å². The van der Waals surface area contributed by atoms with Gasteiger partial charge >= 0.3 is 5.97 Å². The van der Waals surface area contributed by atoms with Crippen molar-refractivity contribution in [3.8, 4) is 0 Å². The second-order valence-corrected chi connectivity index (χ2v) is 10.9. The minimum atomic E-state index is -0.549. The minimum absolute atomic E-state index is 0.0541. The van der Waals surface area contributed by atoms with Gasteiger partial charge in [0, 0.05) is 30.9 Å². The number of nitrogens with zero attached hydrogens (tertiary/aromatic N) is 1. The zero-order valence-corrected chi connectivity index (χ0v) is 22.4. The normalized spacial score (nSPS) is 22.4. The maximum Gasteiger partial charge on any atom is 0.306 e. The summed E-state index contributed by atoms with van der Waals surface area (Å²) in [6.45, 7) is 0.411. The first-order valence-corrected chi connectivity index (χ1v) is 14.4. The zero-order chi connectivity index (χ0) is 26.7. The van der Waals surface area contributed by atoms with Crippen LogP contribution in [0.25, 0.3) is 0 Å². The molecule has 3 unspecified atom stereocenters. The molecule has 2 N–H and O–H groups in total. The molecular weight excluding hydrogens is 500 g/mol. The largest absolute Gasteiger partial charge is 0.463 e. The number of carbonyl (C=O) groups is 3. The van der Waals surface area contributed by atoms with Crippen LogP contribution in [0, 0.1) is 5.92 Å². The van der Waals surface area contributed by atoms with E-state index >= 15 is 0 Å². The van der Waals surface area contributed by atoms with Crippen molar-refractivity contribution in [2.24, 2.45) is 5.92 Å². The SMILES string of the molecule is O=C1CCC=CCC(CC(=O)N2Cc3ccccc3CC2CO)C(=O)NC(CSCc2ccccc2)CO1. The summed E-state index contributed by atoms with van der Waals surface area (Å²) in [6.07, 6.45) is 5.62. The number of aliphatic hydroxyl groups is 1. The van der Waals surface area contributed by atoms with Crippen molar-refractivity contribution in [1.29, 1.82) is 0 Å². The highest BCUT2D eigenvalue weighted by molar-refractivity contribution is 7.98. The van der Waals surface area contributed by atoms with Crippen molar-refractivity contribution in [3.05, 3.63) is 83.4 Å². The minimum Gasteiger partial charge on any atom is -0.463 e. The fraction of sp³-hybridized carbons (Fsp3) is 0.433. The van der Waals surface area contributed by atoms with Crippen LogP contribution in [0.5, 0.6) is 0 Å². The van der Waals surface area contributed by atoms with E-state index in [4.69, 9.17) is 4.74 Å². The third kappa shape index (κ3) is 7.95. The Labute approximate surface area is 228 Å². The van der Waals surface area contributed by atoms with Crippen molar-refractivity contribution in [1.82, 2.24) is 10.2 Å². The number of aliphatic hydroxyl groups excluding tert-OH is 1. The molecule has 0 saturated carbocycles. The van der Waals surface area contributed by atoms with Gasteiger partial charge in [0.2, 0.25) is 11.8 Å². The van der Waals surface area contributed by atoms with E-state index in [0.717, 1.165) is 16.9 Å². The Morgan fingerprint density at radius 3 is 2.61 bits per heavy atom. The van der Waals surface area contributed by atoms with Gasteiger partial charge in [0.05, 0.1) is 24.6 Å². The molecule has 2 heterocycles. The number of esters is 1. The standard InChI is InChI=1S/C30H36N2O5S/c33-18-27-15-23-11-7-8-13-25(23)17-32(27)28(34)16-24-12-5-2-6-14-29(35)37-19-26(31-30(24)36)21-38-20-22-9-3-1-4-10-22/h1-5,7-11,13,24,26-27,33H,6,12,14-21H2,(H,31,36). The number of carbonyl (C=O) groups excluding carboxylic acids is 3. The number of benzene rings is 2. The van der Waals surface area contributed by atoms with Crippen LogP contribution in [0.2, 0.25) is 0 Å². The van der Waals surface area contributed by atoms with E-state index < -0.39 is 5.92 Å². The first-order valence-electron chi connectivity index (χ1n) is 13.2. The van der Waals surface area contributed by atoms with E-state index in [9.17, 15) is 19.5 Å². The van der Waals surface area contributed by atoms with E-state index in [2.05, 4.69) is 17.4 Å². The summed E-state index contributed by atoms with van der Waals surface area (Å²) in [5.74, 6) is 0.176. The van der Waals surface area contributed by atoms with Crippen LogP contribution >= 0.6 is 11.8 Å². The van der Waals surface area contributed by atoms with Crippen LogP contribution in [-0.4, -0.2) is 58.8 Å². The van der Waals surface area contributed by atoms with Gasteiger partial charge in [0.15, 0.2) is 0 Å². The molecule has 4 rings (SSSR count). The van der Waals surface area contributed by atoms with Crippen LogP contribution in [-0.2, 0) is 37.8 Å². The molecule has 0 saturated heterocycles.